The molecule has 2 aromatic rings. The van der Waals surface area contributed by atoms with Crippen LogP contribution >= 0.6 is 0 Å². The Morgan fingerprint density at radius 1 is 1.29 bits per heavy atom. The van der Waals surface area contributed by atoms with E-state index >= 15 is 0 Å². The van der Waals surface area contributed by atoms with Gasteiger partial charge in [0.15, 0.2) is 5.03 Å². The fraction of sp³-hybridized carbons (Fsp3) is 0.182. The van der Waals surface area contributed by atoms with Crippen LogP contribution in [0.3, 0.4) is 0 Å². The minimum atomic E-state index is -3.58. The fourth-order valence-corrected chi connectivity index (χ4v) is 2.46. The highest BCUT2D eigenvalue weighted by molar-refractivity contribution is 7.92. The van der Waals surface area contributed by atoms with Gasteiger partial charge >= 0.3 is 0 Å². The van der Waals surface area contributed by atoms with Crippen LogP contribution in [0.15, 0.2) is 35.7 Å². The fourth-order valence-electron chi connectivity index (χ4n) is 1.44. The molecule has 0 aliphatic carbocycles. The molecule has 1 aromatic heterocycles. The lowest BCUT2D eigenvalue weighted by atomic mass is 10.1. The third kappa shape index (κ3) is 2.47. The smallest absolute Gasteiger partial charge is 0.278 e. The molecule has 90 valence electrons. The maximum absolute atomic E-state index is 11.9. The van der Waals surface area contributed by atoms with Crippen molar-refractivity contribution < 1.29 is 8.42 Å². The molecule has 0 saturated heterocycles. The van der Waals surface area contributed by atoms with Gasteiger partial charge in [-0.2, -0.15) is 8.42 Å². The van der Waals surface area contributed by atoms with Crippen LogP contribution in [0.2, 0.25) is 0 Å². The number of sulfonamides is 1. The Morgan fingerprint density at radius 3 is 2.71 bits per heavy atom. The summed E-state index contributed by atoms with van der Waals surface area (Å²) in [5.74, 6) is 0. The van der Waals surface area contributed by atoms with Gasteiger partial charge in [0.2, 0.25) is 0 Å². The second kappa shape index (κ2) is 4.21. The van der Waals surface area contributed by atoms with Crippen molar-refractivity contribution >= 4 is 15.7 Å². The monoisotopic (exact) mass is 251 g/mol. The SMILES string of the molecule is Cc1ccc(C)c(NS(=O)(=O)c2cnc[nH]2)c1. The predicted molar refractivity (Wildman–Crippen MR) is 65.3 cm³/mol. The van der Waals surface area contributed by atoms with Crippen LogP contribution in [0.25, 0.3) is 0 Å². The Balaban J connectivity index is 2.36. The molecule has 0 atom stereocenters. The molecule has 0 aliphatic heterocycles. The van der Waals surface area contributed by atoms with Crippen LogP contribution in [-0.2, 0) is 10.0 Å². The van der Waals surface area contributed by atoms with Crippen molar-refractivity contribution in [2.24, 2.45) is 0 Å². The highest BCUT2D eigenvalue weighted by Crippen LogP contribution is 2.19. The molecule has 0 radical (unpaired) electrons. The normalized spacial score (nSPS) is 11.4. The van der Waals surface area contributed by atoms with E-state index in [1.165, 1.54) is 12.5 Å². The molecule has 0 amide bonds. The lowest BCUT2D eigenvalue weighted by Gasteiger charge is -2.09. The van der Waals surface area contributed by atoms with Gasteiger partial charge in [0.05, 0.1) is 18.2 Å². The van der Waals surface area contributed by atoms with Gasteiger partial charge in [0, 0.05) is 0 Å². The van der Waals surface area contributed by atoms with E-state index in [4.69, 9.17) is 0 Å². The number of rotatable bonds is 3. The van der Waals surface area contributed by atoms with Crippen LogP contribution < -0.4 is 4.72 Å². The van der Waals surface area contributed by atoms with Gasteiger partial charge in [0.1, 0.15) is 0 Å². The van der Waals surface area contributed by atoms with Gasteiger partial charge in [-0.3, -0.25) is 4.72 Å². The maximum atomic E-state index is 11.9. The zero-order valence-electron chi connectivity index (χ0n) is 9.56. The van der Waals surface area contributed by atoms with Crippen LogP contribution in [0.5, 0.6) is 0 Å². The minimum Gasteiger partial charge on any atom is -0.334 e. The number of benzene rings is 1. The van der Waals surface area contributed by atoms with Gasteiger partial charge in [-0.1, -0.05) is 12.1 Å². The summed E-state index contributed by atoms with van der Waals surface area (Å²) in [6, 6.07) is 5.60. The average molecular weight is 251 g/mol. The number of aromatic amines is 1. The van der Waals surface area contributed by atoms with E-state index in [1.54, 1.807) is 6.07 Å². The van der Waals surface area contributed by atoms with E-state index in [9.17, 15) is 8.42 Å². The predicted octanol–water partition coefficient (Wildman–Crippen LogP) is 1.83. The Kier molecular flexibility index (Phi) is 2.89. The number of H-pyrrole nitrogens is 1. The first kappa shape index (κ1) is 11.7. The number of anilines is 1. The van der Waals surface area contributed by atoms with E-state index in [0.29, 0.717) is 5.69 Å². The van der Waals surface area contributed by atoms with Gasteiger partial charge < -0.3 is 4.98 Å². The molecule has 0 unspecified atom stereocenters. The molecule has 5 nitrogen and oxygen atoms in total. The highest BCUT2D eigenvalue weighted by atomic mass is 32.2. The van der Waals surface area contributed by atoms with Crippen molar-refractivity contribution in [1.29, 1.82) is 0 Å². The standard InChI is InChI=1S/C11H13N3O2S/c1-8-3-4-9(2)10(5-8)14-17(15,16)11-6-12-7-13-11/h3-7,14H,1-2H3,(H,12,13). The third-order valence-electron chi connectivity index (χ3n) is 2.40. The Labute approximate surface area is 100.0 Å². The Morgan fingerprint density at radius 2 is 2.06 bits per heavy atom. The molecule has 17 heavy (non-hydrogen) atoms. The lowest BCUT2D eigenvalue weighted by molar-refractivity contribution is 0.598. The van der Waals surface area contributed by atoms with Crippen molar-refractivity contribution in [3.63, 3.8) is 0 Å². The largest absolute Gasteiger partial charge is 0.334 e. The molecule has 2 N–H and O–H groups in total. The summed E-state index contributed by atoms with van der Waals surface area (Å²) in [5.41, 5.74) is 2.45. The number of nitrogens with one attached hydrogen (secondary N) is 2. The van der Waals surface area contributed by atoms with Crippen LogP contribution in [0, 0.1) is 13.8 Å². The summed E-state index contributed by atoms with van der Waals surface area (Å²) in [6.45, 7) is 3.76. The number of imidazole rings is 1. The number of nitrogens with zero attached hydrogens (tertiary/aromatic N) is 1. The Bertz CT molecular complexity index is 618. The number of hydrogen-bond acceptors (Lipinski definition) is 3. The molecule has 0 saturated carbocycles. The van der Waals surface area contributed by atoms with Gasteiger partial charge in [-0.25, -0.2) is 4.98 Å². The van der Waals surface area contributed by atoms with Crippen molar-refractivity contribution in [2.75, 3.05) is 4.72 Å². The van der Waals surface area contributed by atoms with Crippen molar-refractivity contribution in [1.82, 2.24) is 9.97 Å². The summed E-state index contributed by atoms with van der Waals surface area (Å²) < 4.78 is 26.4. The molecule has 0 spiro atoms. The highest BCUT2D eigenvalue weighted by Gasteiger charge is 2.16. The third-order valence-corrected chi connectivity index (χ3v) is 3.69. The zero-order chi connectivity index (χ0) is 12.5. The zero-order valence-corrected chi connectivity index (χ0v) is 10.4. The first-order valence-corrected chi connectivity index (χ1v) is 6.56. The minimum absolute atomic E-state index is 0.0541. The van der Waals surface area contributed by atoms with Crippen molar-refractivity contribution in [2.45, 2.75) is 18.9 Å². The second-order valence-electron chi connectivity index (χ2n) is 3.84. The summed E-state index contributed by atoms with van der Waals surface area (Å²) in [4.78, 5) is 6.27. The first-order chi connectivity index (χ1) is 7.99. The maximum Gasteiger partial charge on any atom is 0.278 e. The molecule has 2 rings (SSSR count). The molecule has 6 heteroatoms. The van der Waals surface area contributed by atoms with E-state index in [-0.39, 0.29) is 5.03 Å². The van der Waals surface area contributed by atoms with Gasteiger partial charge in [-0.15, -0.1) is 0 Å². The van der Waals surface area contributed by atoms with Crippen LogP contribution in [0.1, 0.15) is 11.1 Å². The molecular weight excluding hydrogens is 238 g/mol. The van der Waals surface area contributed by atoms with Crippen molar-refractivity contribution in [3.8, 4) is 0 Å². The number of aromatic nitrogens is 2. The molecule has 0 bridgehead atoms. The lowest BCUT2D eigenvalue weighted by Crippen LogP contribution is -2.14. The average Bonchev–Trinajstić information content (AvgIpc) is 2.77. The summed E-state index contributed by atoms with van der Waals surface area (Å²) in [6.07, 6.45) is 2.60. The van der Waals surface area contributed by atoms with Gasteiger partial charge in [0.25, 0.3) is 10.0 Å². The van der Waals surface area contributed by atoms with E-state index in [2.05, 4.69) is 14.7 Å². The van der Waals surface area contributed by atoms with Gasteiger partial charge in [-0.05, 0) is 31.0 Å². The molecule has 1 heterocycles. The number of aryl methyl sites for hydroxylation is 2. The second-order valence-corrected chi connectivity index (χ2v) is 5.49. The van der Waals surface area contributed by atoms with E-state index in [1.807, 2.05) is 26.0 Å². The molecule has 0 aliphatic rings. The van der Waals surface area contributed by atoms with Crippen LogP contribution in [0.4, 0.5) is 5.69 Å². The van der Waals surface area contributed by atoms with E-state index in [0.717, 1.165) is 11.1 Å². The Hall–Kier alpha value is -1.82. The summed E-state index contributed by atoms with van der Waals surface area (Å²) in [5, 5.41) is 0.0541. The first-order valence-electron chi connectivity index (χ1n) is 5.07. The molecule has 1 aromatic carbocycles. The summed E-state index contributed by atoms with van der Waals surface area (Å²) in [7, 11) is -3.58. The van der Waals surface area contributed by atoms with Crippen molar-refractivity contribution in [3.05, 3.63) is 41.9 Å². The van der Waals surface area contributed by atoms with E-state index < -0.39 is 10.0 Å². The topological polar surface area (TPSA) is 74.8 Å². The number of hydrogen-bond donors (Lipinski definition) is 2. The summed E-state index contributed by atoms with van der Waals surface area (Å²) >= 11 is 0. The van der Waals surface area contributed by atoms with Crippen LogP contribution in [-0.4, -0.2) is 18.4 Å². The molecular formula is C11H13N3O2S. The molecule has 0 fully saturated rings. The quantitative estimate of drug-likeness (QED) is 0.873.